The molecule has 28 heavy (non-hydrogen) atoms. The van der Waals surface area contributed by atoms with Gasteiger partial charge >= 0.3 is 12.1 Å². The summed E-state index contributed by atoms with van der Waals surface area (Å²) in [5.74, 6) is -0.310. The lowest BCUT2D eigenvalue weighted by Gasteiger charge is -2.34. The minimum absolute atomic E-state index is 0.104. The molecule has 6 nitrogen and oxygen atoms in total. The van der Waals surface area contributed by atoms with Crippen LogP contribution in [0, 0.1) is 6.92 Å². The van der Waals surface area contributed by atoms with Gasteiger partial charge in [-0.2, -0.15) is 0 Å². The van der Waals surface area contributed by atoms with Crippen LogP contribution >= 0.6 is 0 Å². The Hall–Kier alpha value is -3.15. The third-order valence-electron chi connectivity index (χ3n) is 4.91. The highest BCUT2D eigenvalue weighted by Gasteiger charge is 2.33. The van der Waals surface area contributed by atoms with E-state index in [2.05, 4.69) is 0 Å². The molecule has 0 radical (unpaired) electrons. The molecule has 2 aromatic rings. The maximum absolute atomic E-state index is 12.7. The summed E-state index contributed by atoms with van der Waals surface area (Å²) in [6.45, 7) is 2.30. The first-order valence-electron chi connectivity index (χ1n) is 9.17. The van der Waals surface area contributed by atoms with Gasteiger partial charge in [-0.3, -0.25) is 4.79 Å². The maximum atomic E-state index is 12.7. The van der Waals surface area contributed by atoms with Crippen LogP contribution in [0.25, 0.3) is 0 Å². The van der Waals surface area contributed by atoms with Crippen LogP contribution in [0.3, 0.4) is 0 Å². The zero-order valence-corrected chi connectivity index (χ0v) is 16.0. The molecule has 0 aliphatic carbocycles. The second kappa shape index (κ2) is 8.69. The molecular weight excluding hydrogens is 358 g/mol. The Bertz CT molecular complexity index is 878. The lowest BCUT2D eigenvalue weighted by atomic mass is 9.92. The number of nitrogens with zero attached hydrogens (tertiary/aromatic N) is 1. The molecule has 1 aliphatic rings. The summed E-state index contributed by atoms with van der Waals surface area (Å²) < 4.78 is 10.2. The van der Waals surface area contributed by atoms with Crippen LogP contribution in [0.4, 0.5) is 4.79 Å². The van der Waals surface area contributed by atoms with E-state index in [1.165, 1.54) is 7.11 Å². The zero-order valence-electron chi connectivity index (χ0n) is 16.0. The van der Waals surface area contributed by atoms with Crippen molar-refractivity contribution >= 4 is 17.8 Å². The predicted molar refractivity (Wildman–Crippen MR) is 103 cm³/mol. The molecule has 0 unspecified atom stereocenters. The number of aryl methyl sites for hydroxylation is 1. The van der Waals surface area contributed by atoms with E-state index in [1.807, 2.05) is 36.4 Å². The van der Waals surface area contributed by atoms with Gasteiger partial charge in [-0.05, 0) is 29.7 Å². The van der Waals surface area contributed by atoms with Gasteiger partial charge in [-0.15, -0.1) is 0 Å². The Morgan fingerprint density at radius 1 is 1.14 bits per heavy atom. The molecule has 0 saturated carbocycles. The Kier molecular flexibility index (Phi) is 6.09. The molecule has 1 fully saturated rings. The van der Waals surface area contributed by atoms with Crippen LogP contribution in [0.5, 0.6) is 0 Å². The molecule has 6 heteroatoms. The normalized spacial score (nSPS) is 16.6. The lowest BCUT2D eigenvalue weighted by molar-refractivity contribution is -0.122. The minimum Gasteiger partial charge on any atom is -0.465 e. The number of carbonyl (C=O) groups is 3. The molecule has 1 amide bonds. The molecule has 0 bridgehead atoms. The van der Waals surface area contributed by atoms with Crippen molar-refractivity contribution in [2.45, 2.75) is 32.4 Å². The number of Topliss-reactive ketones (excluding diaryl/α,β-unsaturated/α-hetero) is 1. The summed E-state index contributed by atoms with van der Waals surface area (Å²) in [6.07, 6.45) is 0.101. The van der Waals surface area contributed by atoms with E-state index in [1.54, 1.807) is 24.0 Å². The van der Waals surface area contributed by atoms with E-state index in [9.17, 15) is 14.4 Å². The van der Waals surface area contributed by atoms with E-state index >= 15 is 0 Å². The fourth-order valence-electron chi connectivity index (χ4n) is 3.38. The van der Waals surface area contributed by atoms with Gasteiger partial charge in [-0.1, -0.05) is 42.5 Å². The Morgan fingerprint density at radius 2 is 1.89 bits per heavy atom. The average Bonchev–Trinajstić information content (AvgIpc) is 2.72. The van der Waals surface area contributed by atoms with Crippen molar-refractivity contribution in [2.75, 3.05) is 13.7 Å². The lowest BCUT2D eigenvalue weighted by Crippen LogP contribution is -2.41. The van der Waals surface area contributed by atoms with Crippen molar-refractivity contribution in [1.29, 1.82) is 0 Å². The molecule has 1 atom stereocenters. The van der Waals surface area contributed by atoms with Gasteiger partial charge in [0.2, 0.25) is 0 Å². The number of amides is 1. The molecule has 1 aliphatic heterocycles. The summed E-state index contributed by atoms with van der Waals surface area (Å²) in [4.78, 5) is 38.1. The summed E-state index contributed by atoms with van der Waals surface area (Å²) in [6, 6.07) is 14.3. The molecule has 1 saturated heterocycles. The van der Waals surface area contributed by atoms with Crippen LogP contribution < -0.4 is 0 Å². The smallest absolute Gasteiger partial charge is 0.410 e. The highest BCUT2D eigenvalue weighted by molar-refractivity contribution is 5.91. The molecule has 3 rings (SSSR count). The molecule has 146 valence electrons. The molecular formula is C22H23NO5. The topological polar surface area (TPSA) is 72.9 Å². The minimum atomic E-state index is -0.448. The molecule has 0 aromatic heterocycles. The van der Waals surface area contributed by atoms with E-state index in [0.29, 0.717) is 18.5 Å². The number of rotatable bonds is 4. The quantitative estimate of drug-likeness (QED) is 0.753. The number of likely N-dealkylation sites (tertiary alicyclic amines) is 1. The van der Waals surface area contributed by atoms with E-state index in [-0.39, 0.29) is 18.8 Å². The van der Waals surface area contributed by atoms with Crippen LogP contribution in [0.1, 0.15) is 45.9 Å². The van der Waals surface area contributed by atoms with Gasteiger partial charge in [0.05, 0.1) is 18.7 Å². The van der Waals surface area contributed by atoms with Crippen molar-refractivity contribution in [1.82, 2.24) is 4.90 Å². The molecule has 2 aromatic carbocycles. The summed E-state index contributed by atoms with van der Waals surface area (Å²) in [5.41, 5.74) is 2.90. The van der Waals surface area contributed by atoms with E-state index in [4.69, 9.17) is 9.47 Å². The van der Waals surface area contributed by atoms with Crippen LogP contribution in [0.2, 0.25) is 0 Å². The summed E-state index contributed by atoms with van der Waals surface area (Å²) in [7, 11) is 1.33. The number of benzene rings is 2. The number of hydrogen-bond donors (Lipinski definition) is 0. The maximum Gasteiger partial charge on any atom is 0.410 e. The number of esters is 1. The van der Waals surface area contributed by atoms with Crippen LogP contribution in [-0.2, 0) is 20.9 Å². The van der Waals surface area contributed by atoms with Gasteiger partial charge in [0, 0.05) is 19.4 Å². The first-order valence-corrected chi connectivity index (χ1v) is 9.17. The standard InChI is InChI=1S/C22H23NO5/c1-15-12-17(8-9-19(15)21(25)27-2)20-13-18(24)10-11-23(20)22(26)28-14-16-6-4-3-5-7-16/h3-9,12,20H,10-11,13-14H2,1-2H3/t20-/m0/s1. The van der Waals surface area contributed by atoms with Crippen molar-refractivity contribution < 1.29 is 23.9 Å². The van der Waals surface area contributed by atoms with Crippen molar-refractivity contribution in [3.8, 4) is 0 Å². The van der Waals surface area contributed by atoms with Gasteiger partial charge in [0.15, 0.2) is 0 Å². The van der Waals surface area contributed by atoms with Crippen LogP contribution in [-0.4, -0.2) is 36.4 Å². The van der Waals surface area contributed by atoms with E-state index < -0.39 is 18.1 Å². The van der Waals surface area contributed by atoms with Crippen molar-refractivity contribution in [2.24, 2.45) is 0 Å². The van der Waals surface area contributed by atoms with Gasteiger partial charge < -0.3 is 14.4 Å². The number of hydrogen-bond acceptors (Lipinski definition) is 5. The van der Waals surface area contributed by atoms with E-state index in [0.717, 1.165) is 16.7 Å². The van der Waals surface area contributed by atoms with Crippen molar-refractivity contribution in [3.63, 3.8) is 0 Å². The highest BCUT2D eigenvalue weighted by Crippen LogP contribution is 2.31. The molecule has 1 heterocycles. The van der Waals surface area contributed by atoms with Crippen LogP contribution in [0.15, 0.2) is 48.5 Å². The monoisotopic (exact) mass is 381 g/mol. The SMILES string of the molecule is COC(=O)c1ccc([C@@H]2CC(=O)CCN2C(=O)OCc2ccccc2)cc1C. The first kappa shape index (κ1) is 19.6. The molecule has 0 N–H and O–H groups in total. The predicted octanol–water partition coefficient (Wildman–Crippen LogP) is 3.82. The first-order chi connectivity index (χ1) is 13.5. The average molecular weight is 381 g/mol. The van der Waals surface area contributed by atoms with Gasteiger partial charge in [-0.25, -0.2) is 9.59 Å². The number of ether oxygens (including phenoxy) is 2. The second-order valence-corrected chi connectivity index (χ2v) is 6.81. The highest BCUT2D eigenvalue weighted by atomic mass is 16.6. The second-order valence-electron chi connectivity index (χ2n) is 6.81. The van der Waals surface area contributed by atoms with Gasteiger partial charge in [0.1, 0.15) is 12.4 Å². The number of piperidine rings is 1. The summed E-state index contributed by atoms with van der Waals surface area (Å²) in [5, 5.41) is 0. The third-order valence-corrected chi connectivity index (χ3v) is 4.91. The number of methoxy groups -OCH3 is 1. The van der Waals surface area contributed by atoms with Gasteiger partial charge in [0.25, 0.3) is 0 Å². The summed E-state index contributed by atoms with van der Waals surface area (Å²) >= 11 is 0. The fourth-order valence-corrected chi connectivity index (χ4v) is 3.38. The Labute approximate surface area is 164 Å². The molecule has 0 spiro atoms. The fraction of sp³-hybridized carbons (Fsp3) is 0.318. The largest absolute Gasteiger partial charge is 0.465 e. The number of carbonyl (C=O) groups excluding carboxylic acids is 3. The van der Waals surface area contributed by atoms with Crippen molar-refractivity contribution in [3.05, 3.63) is 70.8 Å². The Morgan fingerprint density at radius 3 is 2.57 bits per heavy atom. The Balaban J connectivity index is 1.78. The zero-order chi connectivity index (χ0) is 20.1. The third kappa shape index (κ3) is 4.39. The number of ketones is 1.